The van der Waals surface area contributed by atoms with Crippen LogP contribution in [0.4, 0.5) is 0 Å². The minimum Gasteiger partial charge on any atom is -0.463 e. The standard InChI is InChI=1S/C17H30O6/c1-4-5-6-7-8-16(18)22-13-11-20-9-10-21-12-14-23-17(19)15(2)3/h2,4-14H2,1,3H3. The van der Waals surface area contributed by atoms with Gasteiger partial charge in [0.15, 0.2) is 0 Å². The zero-order chi connectivity index (χ0) is 17.3. The molecule has 0 heterocycles. The first-order valence-corrected chi connectivity index (χ1v) is 8.21. The van der Waals surface area contributed by atoms with E-state index in [1.165, 1.54) is 0 Å². The Bertz CT molecular complexity index is 340. The van der Waals surface area contributed by atoms with Crippen LogP contribution in [0.5, 0.6) is 0 Å². The van der Waals surface area contributed by atoms with Gasteiger partial charge in [-0.3, -0.25) is 4.79 Å². The van der Waals surface area contributed by atoms with E-state index >= 15 is 0 Å². The van der Waals surface area contributed by atoms with Crippen molar-refractivity contribution >= 4 is 11.9 Å². The van der Waals surface area contributed by atoms with Crippen molar-refractivity contribution in [1.29, 1.82) is 0 Å². The second-order valence-corrected chi connectivity index (χ2v) is 5.17. The topological polar surface area (TPSA) is 71.1 Å². The molecule has 0 amide bonds. The monoisotopic (exact) mass is 330 g/mol. The third-order valence-electron chi connectivity index (χ3n) is 2.91. The number of hydrogen-bond donors (Lipinski definition) is 0. The highest BCUT2D eigenvalue weighted by atomic mass is 16.6. The Morgan fingerprint density at radius 1 is 0.826 bits per heavy atom. The van der Waals surface area contributed by atoms with Gasteiger partial charge in [-0.15, -0.1) is 0 Å². The largest absolute Gasteiger partial charge is 0.463 e. The molecule has 0 aromatic rings. The fourth-order valence-corrected chi connectivity index (χ4v) is 1.62. The van der Waals surface area contributed by atoms with Gasteiger partial charge in [0.2, 0.25) is 0 Å². The van der Waals surface area contributed by atoms with Crippen molar-refractivity contribution < 1.29 is 28.5 Å². The number of hydrogen-bond acceptors (Lipinski definition) is 6. The summed E-state index contributed by atoms with van der Waals surface area (Å²) < 4.78 is 20.4. The fraction of sp³-hybridized carbons (Fsp3) is 0.765. The highest BCUT2D eigenvalue weighted by Gasteiger charge is 2.03. The van der Waals surface area contributed by atoms with Crippen LogP contribution in [0.15, 0.2) is 12.2 Å². The van der Waals surface area contributed by atoms with Crippen LogP contribution >= 0.6 is 0 Å². The molecule has 0 radical (unpaired) electrons. The average Bonchev–Trinajstić information content (AvgIpc) is 2.53. The van der Waals surface area contributed by atoms with E-state index in [1.54, 1.807) is 6.92 Å². The van der Waals surface area contributed by atoms with Crippen LogP contribution in [-0.2, 0) is 28.5 Å². The summed E-state index contributed by atoms with van der Waals surface area (Å²) in [6, 6.07) is 0. The summed E-state index contributed by atoms with van der Waals surface area (Å²) in [7, 11) is 0. The molecule has 0 atom stereocenters. The smallest absolute Gasteiger partial charge is 0.333 e. The molecular formula is C17H30O6. The van der Waals surface area contributed by atoms with Crippen molar-refractivity contribution in [2.75, 3.05) is 39.6 Å². The van der Waals surface area contributed by atoms with E-state index in [0.717, 1.165) is 25.7 Å². The molecule has 0 saturated carbocycles. The highest BCUT2D eigenvalue weighted by Crippen LogP contribution is 2.03. The predicted molar refractivity (Wildman–Crippen MR) is 87.1 cm³/mol. The van der Waals surface area contributed by atoms with Gasteiger partial charge in [-0.25, -0.2) is 4.79 Å². The van der Waals surface area contributed by atoms with Crippen molar-refractivity contribution in [3.63, 3.8) is 0 Å². The highest BCUT2D eigenvalue weighted by molar-refractivity contribution is 5.86. The summed E-state index contributed by atoms with van der Waals surface area (Å²) in [4.78, 5) is 22.4. The molecule has 0 aromatic heterocycles. The van der Waals surface area contributed by atoms with Crippen LogP contribution in [0.2, 0.25) is 0 Å². The Hall–Kier alpha value is -1.40. The van der Waals surface area contributed by atoms with E-state index in [4.69, 9.17) is 18.9 Å². The van der Waals surface area contributed by atoms with Gasteiger partial charge in [0.1, 0.15) is 13.2 Å². The summed E-state index contributed by atoms with van der Waals surface area (Å²) in [5.74, 6) is -0.582. The predicted octanol–water partition coefficient (Wildman–Crippen LogP) is 2.65. The SMILES string of the molecule is C=C(C)C(=O)OCCOCCOCCOC(=O)CCCCCC. The maximum absolute atomic E-state index is 11.4. The summed E-state index contributed by atoms with van der Waals surface area (Å²) >= 11 is 0. The maximum Gasteiger partial charge on any atom is 0.333 e. The first-order chi connectivity index (χ1) is 11.1. The minimum atomic E-state index is -0.415. The normalized spacial score (nSPS) is 10.3. The van der Waals surface area contributed by atoms with Gasteiger partial charge in [0.05, 0.1) is 26.4 Å². The molecule has 6 heteroatoms. The fourth-order valence-electron chi connectivity index (χ4n) is 1.62. The van der Waals surface area contributed by atoms with Crippen molar-refractivity contribution in [3.05, 3.63) is 12.2 Å². The summed E-state index contributed by atoms with van der Waals surface area (Å²) in [5.41, 5.74) is 0.369. The van der Waals surface area contributed by atoms with E-state index < -0.39 is 5.97 Å². The van der Waals surface area contributed by atoms with Gasteiger partial charge in [0, 0.05) is 12.0 Å². The van der Waals surface area contributed by atoms with Gasteiger partial charge >= 0.3 is 11.9 Å². The Kier molecular flexibility index (Phi) is 14.6. The van der Waals surface area contributed by atoms with Gasteiger partial charge in [-0.1, -0.05) is 32.8 Å². The zero-order valence-corrected chi connectivity index (χ0v) is 14.4. The molecule has 0 aliphatic carbocycles. The van der Waals surface area contributed by atoms with Crippen LogP contribution in [0.3, 0.4) is 0 Å². The molecule has 0 aliphatic heterocycles. The second kappa shape index (κ2) is 15.5. The van der Waals surface area contributed by atoms with Crippen molar-refractivity contribution in [1.82, 2.24) is 0 Å². The summed E-state index contributed by atoms with van der Waals surface area (Å²) in [6.07, 6.45) is 4.74. The molecule has 0 N–H and O–H groups in total. The van der Waals surface area contributed by atoms with Crippen LogP contribution in [0.25, 0.3) is 0 Å². The number of unbranched alkanes of at least 4 members (excludes halogenated alkanes) is 3. The van der Waals surface area contributed by atoms with Gasteiger partial charge in [-0.05, 0) is 13.3 Å². The maximum atomic E-state index is 11.4. The Labute approximate surface area is 139 Å². The van der Waals surface area contributed by atoms with Gasteiger partial charge in [-0.2, -0.15) is 0 Å². The first kappa shape index (κ1) is 21.6. The molecule has 0 fully saturated rings. The minimum absolute atomic E-state index is 0.166. The third-order valence-corrected chi connectivity index (χ3v) is 2.91. The molecule has 0 aliphatic rings. The van der Waals surface area contributed by atoms with Crippen LogP contribution in [-0.4, -0.2) is 51.6 Å². The molecule has 6 nitrogen and oxygen atoms in total. The molecule has 23 heavy (non-hydrogen) atoms. The van der Waals surface area contributed by atoms with Crippen molar-refractivity contribution in [2.45, 2.75) is 46.0 Å². The number of carbonyl (C=O) groups excluding carboxylic acids is 2. The quantitative estimate of drug-likeness (QED) is 0.261. The Balaban J connectivity index is 3.22. The lowest BCUT2D eigenvalue weighted by atomic mass is 10.2. The zero-order valence-electron chi connectivity index (χ0n) is 14.4. The van der Waals surface area contributed by atoms with E-state index in [9.17, 15) is 9.59 Å². The lowest BCUT2D eigenvalue weighted by Crippen LogP contribution is -2.15. The number of rotatable bonds is 15. The van der Waals surface area contributed by atoms with E-state index in [2.05, 4.69) is 13.5 Å². The van der Waals surface area contributed by atoms with Crippen LogP contribution < -0.4 is 0 Å². The van der Waals surface area contributed by atoms with E-state index in [-0.39, 0.29) is 19.2 Å². The third kappa shape index (κ3) is 15.3. The lowest BCUT2D eigenvalue weighted by Gasteiger charge is -2.07. The van der Waals surface area contributed by atoms with Crippen molar-refractivity contribution in [2.24, 2.45) is 0 Å². The van der Waals surface area contributed by atoms with E-state index in [1.807, 2.05) is 0 Å². The number of esters is 2. The number of ether oxygens (including phenoxy) is 4. The Morgan fingerprint density at radius 2 is 1.39 bits per heavy atom. The molecule has 134 valence electrons. The summed E-state index contributed by atoms with van der Waals surface area (Å²) in [6.45, 7) is 9.14. The average molecular weight is 330 g/mol. The molecule has 0 saturated heterocycles. The van der Waals surface area contributed by atoms with Crippen LogP contribution in [0, 0.1) is 0 Å². The van der Waals surface area contributed by atoms with Crippen LogP contribution in [0.1, 0.15) is 46.0 Å². The molecular weight excluding hydrogens is 300 g/mol. The summed E-state index contributed by atoms with van der Waals surface area (Å²) in [5, 5.41) is 0. The molecule has 0 rings (SSSR count). The van der Waals surface area contributed by atoms with Gasteiger partial charge < -0.3 is 18.9 Å². The lowest BCUT2D eigenvalue weighted by molar-refractivity contribution is -0.146. The van der Waals surface area contributed by atoms with Crippen molar-refractivity contribution in [3.8, 4) is 0 Å². The first-order valence-electron chi connectivity index (χ1n) is 8.21. The molecule has 0 spiro atoms. The number of carbonyl (C=O) groups is 2. The molecule has 0 unspecified atom stereocenters. The van der Waals surface area contributed by atoms with Gasteiger partial charge in [0.25, 0.3) is 0 Å². The second-order valence-electron chi connectivity index (χ2n) is 5.17. The Morgan fingerprint density at radius 3 is 1.96 bits per heavy atom. The van der Waals surface area contributed by atoms with E-state index in [0.29, 0.717) is 38.4 Å². The molecule has 0 aromatic carbocycles. The molecule has 0 bridgehead atoms.